The maximum atomic E-state index is 13.2. The maximum Gasteiger partial charge on any atom is 0.325 e. The molecular weight excluding hydrogens is 432 g/mol. The van der Waals surface area contributed by atoms with Crippen LogP contribution in [0.25, 0.3) is 0 Å². The minimum atomic E-state index is -3.23. The van der Waals surface area contributed by atoms with Gasteiger partial charge in [-0.15, -0.1) is 0 Å². The van der Waals surface area contributed by atoms with E-state index in [0.29, 0.717) is 18.8 Å². The summed E-state index contributed by atoms with van der Waals surface area (Å²) in [5.74, 6) is -0.389. The normalized spacial score (nSPS) is 35.5. The molecule has 10 heteroatoms. The van der Waals surface area contributed by atoms with Crippen molar-refractivity contribution in [3.8, 4) is 0 Å². The summed E-state index contributed by atoms with van der Waals surface area (Å²) in [5.41, 5.74) is -0.756. The summed E-state index contributed by atoms with van der Waals surface area (Å²) in [4.78, 5) is 41.7. The lowest BCUT2D eigenvalue weighted by atomic mass is 9.67. The molecule has 1 aliphatic carbocycles. The van der Waals surface area contributed by atoms with Gasteiger partial charge in [-0.3, -0.25) is 19.4 Å². The predicted molar refractivity (Wildman–Crippen MR) is 120 cm³/mol. The molecule has 0 aromatic rings. The third kappa shape index (κ3) is 4.53. The van der Waals surface area contributed by atoms with E-state index in [4.69, 9.17) is 0 Å². The monoisotopic (exact) mass is 468 g/mol. The lowest BCUT2D eigenvalue weighted by Crippen LogP contribution is -2.53. The van der Waals surface area contributed by atoms with Crippen LogP contribution < -0.4 is 10.6 Å². The number of carbonyl (C=O) groups excluding carboxylic acids is 3. The first-order valence-electron chi connectivity index (χ1n) is 11.8. The topological polar surface area (TPSA) is 116 Å². The molecule has 3 saturated heterocycles. The number of hydrogen-bond donors (Lipinski definition) is 2. The molecule has 180 valence electrons. The third-order valence-corrected chi connectivity index (χ3v) is 9.61. The molecule has 4 fully saturated rings. The second-order valence-electron chi connectivity index (χ2n) is 11.1. The second-order valence-corrected chi connectivity index (χ2v) is 13.3. The minimum Gasteiger partial charge on any atom is -0.349 e. The van der Waals surface area contributed by atoms with E-state index in [9.17, 15) is 22.8 Å². The highest BCUT2D eigenvalue weighted by molar-refractivity contribution is 7.91. The van der Waals surface area contributed by atoms with Crippen molar-refractivity contribution in [1.82, 2.24) is 20.4 Å². The molecule has 4 aliphatic rings. The van der Waals surface area contributed by atoms with Crippen molar-refractivity contribution in [2.45, 2.75) is 76.9 Å². The Balaban J connectivity index is 1.38. The zero-order valence-corrected chi connectivity index (χ0v) is 20.2. The van der Waals surface area contributed by atoms with E-state index in [1.165, 1.54) is 0 Å². The number of amides is 4. The molecule has 1 saturated carbocycles. The molecule has 1 spiro atoms. The average Bonchev–Trinajstić information content (AvgIpc) is 3.37. The van der Waals surface area contributed by atoms with Crippen LogP contribution in [0, 0.1) is 11.3 Å². The van der Waals surface area contributed by atoms with E-state index >= 15 is 0 Å². The Morgan fingerprint density at radius 2 is 1.75 bits per heavy atom. The highest BCUT2D eigenvalue weighted by Gasteiger charge is 2.54. The maximum absolute atomic E-state index is 13.2. The molecule has 2 N–H and O–H groups in total. The third-order valence-electron chi connectivity index (χ3n) is 7.89. The van der Waals surface area contributed by atoms with E-state index in [0.717, 1.165) is 43.7 Å². The average molecular weight is 469 g/mol. The van der Waals surface area contributed by atoms with Crippen molar-refractivity contribution in [2.24, 2.45) is 11.3 Å². The fourth-order valence-corrected chi connectivity index (χ4v) is 7.88. The van der Waals surface area contributed by atoms with Gasteiger partial charge in [-0.05, 0) is 62.9 Å². The Hall–Kier alpha value is -1.68. The lowest BCUT2D eigenvalue weighted by molar-refractivity contribution is -0.136. The number of imide groups is 1. The SMILES string of the molecule is CC(C)(C)C1CCC2(CC1)NC(=O)N(CC(=O)NC1CS(=O)(=O)CC1N1CCCC1)C2=O. The van der Waals surface area contributed by atoms with Gasteiger partial charge in [-0.25, -0.2) is 13.2 Å². The van der Waals surface area contributed by atoms with Crippen LogP contribution in [0.5, 0.6) is 0 Å². The number of likely N-dealkylation sites (tertiary alicyclic amines) is 1. The van der Waals surface area contributed by atoms with Crippen molar-refractivity contribution in [1.29, 1.82) is 0 Å². The molecule has 3 heterocycles. The van der Waals surface area contributed by atoms with Crippen LogP contribution in [0.1, 0.15) is 59.3 Å². The molecule has 0 aromatic carbocycles. The summed E-state index contributed by atoms with van der Waals surface area (Å²) in [7, 11) is -3.23. The minimum absolute atomic E-state index is 0.0408. The summed E-state index contributed by atoms with van der Waals surface area (Å²) < 4.78 is 24.5. The Labute approximate surface area is 190 Å². The fraction of sp³-hybridized carbons (Fsp3) is 0.864. The first-order valence-corrected chi connectivity index (χ1v) is 13.6. The van der Waals surface area contributed by atoms with E-state index < -0.39 is 33.4 Å². The van der Waals surface area contributed by atoms with E-state index in [-0.39, 0.29) is 35.4 Å². The molecule has 0 radical (unpaired) electrons. The molecule has 0 aromatic heterocycles. The number of sulfone groups is 1. The number of nitrogens with one attached hydrogen (secondary N) is 2. The Morgan fingerprint density at radius 1 is 1.12 bits per heavy atom. The van der Waals surface area contributed by atoms with Crippen molar-refractivity contribution in [3.05, 3.63) is 0 Å². The van der Waals surface area contributed by atoms with Gasteiger partial charge in [0.05, 0.1) is 17.5 Å². The van der Waals surface area contributed by atoms with Crippen molar-refractivity contribution >= 4 is 27.7 Å². The molecule has 9 nitrogen and oxygen atoms in total. The van der Waals surface area contributed by atoms with Gasteiger partial charge in [-0.2, -0.15) is 0 Å². The first-order chi connectivity index (χ1) is 14.9. The van der Waals surface area contributed by atoms with Gasteiger partial charge in [0.25, 0.3) is 5.91 Å². The van der Waals surface area contributed by atoms with Gasteiger partial charge in [0.15, 0.2) is 9.84 Å². The van der Waals surface area contributed by atoms with Crippen LogP contribution in [0.4, 0.5) is 4.79 Å². The number of hydrogen-bond acceptors (Lipinski definition) is 6. The van der Waals surface area contributed by atoms with E-state index in [1.54, 1.807) is 0 Å². The van der Waals surface area contributed by atoms with E-state index in [1.807, 2.05) is 0 Å². The number of carbonyl (C=O) groups is 3. The quantitative estimate of drug-likeness (QED) is 0.592. The van der Waals surface area contributed by atoms with Gasteiger partial charge in [-0.1, -0.05) is 20.8 Å². The van der Waals surface area contributed by atoms with Crippen molar-refractivity contribution < 1.29 is 22.8 Å². The molecule has 2 unspecified atom stereocenters. The Bertz CT molecular complexity index is 882. The van der Waals surface area contributed by atoms with Crippen molar-refractivity contribution in [2.75, 3.05) is 31.1 Å². The number of rotatable bonds is 4. The highest BCUT2D eigenvalue weighted by atomic mass is 32.2. The molecule has 3 aliphatic heterocycles. The lowest BCUT2D eigenvalue weighted by Gasteiger charge is -2.40. The smallest absolute Gasteiger partial charge is 0.325 e. The molecule has 0 bridgehead atoms. The first kappa shape index (κ1) is 23.5. The predicted octanol–water partition coefficient (Wildman–Crippen LogP) is 0.891. The largest absolute Gasteiger partial charge is 0.349 e. The molecule has 32 heavy (non-hydrogen) atoms. The van der Waals surface area contributed by atoms with Gasteiger partial charge >= 0.3 is 6.03 Å². The molecule has 4 rings (SSSR count). The molecule has 4 amide bonds. The Kier molecular flexibility index (Phi) is 6.07. The zero-order chi connectivity index (χ0) is 23.3. The van der Waals surface area contributed by atoms with Gasteiger partial charge < -0.3 is 10.6 Å². The summed E-state index contributed by atoms with van der Waals surface area (Å²) in [6.07, 6.45) is 4.92. The fourth-order valence-electron chi connectivity index (χ4n) is 5.93. The van der Waals surface area contributed by atoms with Crippen LogP contribution in [0.2, 0.25) is 0 Å². The Morgan fingerprint density at radius 3 is 2.34 bits per heavy atom. The van der Waals surface area contributed by atoms with Crippen LogP contribution in [0.3, 0.4) is 0 Å². The van der Waals surface area contributed by atoms with Crippen molar-refractivity contribution in [3.63, 3.8) is 0 Å². The molecular formula is C22H36N4O5S. The second kappa shape index (κ2) is 8.27. The van der Waals surface area contributed by atoms with Crippen LogP contribution in [0.15, 0.2) is 0 Å². The standard InChI is InChI=1S/C22H36N4O5S/c1-21(2,3)15-6-8-22(9-7-15)19(28)26(20(29)24-22)12-18(27)23-16-13-32(30,31)14-17(16)25-10-4-5-11-25/h15-17H,4-14H2,1-3H3,(H,23,27)(H,24,29). The highest BCUT2D eigenvalue weighted by Crippen LogP contribution is 2.43. The summed E-state index contributed by atoms with van der Waals surface area (Å²) in [6.45, 7) is 7.87. The van der Waals surface area contributed by atoms with Crippen LogP contribution >= 0.6 is 0 Å². The zero-order valence-electron chi connectivity index (χ0n) is 19.4. The van der Waals surface area contributed by atoms with E-state index in [2.05, 4.69) is 36.3 Å². The van der Waals surface area contributed by atoms with Gasteiger partial charge in [0.1, 0.15) is 12.1 Å². The van der Waals surface area contributed by atoms with Gasteiger partial charge in [0, 0.05) is 6.04 Å². The van der Waals surface area contributed by atoms with Crippen LogP contribution in [-0.4, -0.2) is 84.8 Å². The number of urea groups is 1. The number of nitrogens with zero attached hydrogens (tertiary/aromatic N) is 2. The van der Waals surface area contributed by atoms with Crippen LogP contribution in [-0.2, 0) is 19.4 Å². The summed E-state index contributed by atoms with van der Waals surface area (Å²) in [5, 5.41) is 5.67. The molecule has 2 atom stereocenters. The summed E-state index contributed by atoms with van der Waals surface area (Å²) >= 11 is 0. The summed E-state index contributed by atoms with van der Waals surface area (Å²) in [6, 6.07) is -1.29. The van der Waals surface area contributed by atoms with Gasteiger partial charge in [0.2, 0.25) is 5.91 Å².